The molecule has 40 heavy (non-hydrogen) atoms. The molecule has 0 unspecified atom stereocenters. The van der Waals surface area contributed by atoms with E-state index in [2.05, 4.69) is 5.32 Å². The summed E-state index contributed by atoms with van der Waals surface area (Å²) in [7, 11) is 1.56. The molecule has 220 valence electrons. The fourth-order valence-corrected chi connectivity index (χ4v) is 5.25. The molecule has 0 aliphatic carbocycles. The number of hydrogen-bond donors (Lipinski definition) is 8. The third kappa shape index (κ3) is 6.15. The van der Waals surface area contributed by atoms with E-state index in [9.17, 15) is 40.5 Å². The molecule has 2 aromatic rings. The SMILES string of the molecule is CNC(=O)c1cccc(-c2ccc(O[C@H]3O[C@H](CO)[C@@H](O)[C@@H](C[C@H]4O[C@H](CO)[C@@H](O)[C@H](O)[C@H]4O)[C@@H]3O)c(C)c2)c1. The van der Waals surface area contributed by atoms with Gasteiger partial charge in [-0.2, -0.15) is 0 Å². The summed E-state index contributed by atoms with van der Waals surface area (Å²) in [5, 5.41) is 74.5. The lowest BCUT2D eigenvalue weighted by Gasteiger charge is -2.46. The van der Waals surface area contributed by atoms with Crippen LogP contribution >= 0.6 is 0 Å². The van der Waals surface area contributed by atoms with Crippen molar-refractivity contribution in [3.8, 4) is 16.9 Å². The number of rotatable bonds is 8. The van der Waals surface area contributed by atoms with Crippen LogP contribution in [0, 0.1) is 12.8 Å². The summed E-state index contributed by atoms with van der Waals surface area (Å²) in [6, 6.07) is 12.4. The van der Waals surface area contributed by atoms with Gasteiger partial charge in [0.05, 0.1) is 25.4 Å². The first-order valence-corrected chi connectivity index (χ1v) is 13.1. The van der Waals surface area contributed by atoms with Gasteiger partial charge in [0, 0.05) is 18.5 Å². The van der Waals surface area contributed by atoms with Crippen molar-refractivity contribution in [3.63, 3.8) is 0 Å². The van der Waals surface area contributed by atoms with Crippen LogP contribution in [-0.2, 0) is 9.47 Å². The first-order chi connectivity index (χ1) is 19.1. The van der Waals surface area contributed by atoms with Gasteiger partial charge in [-0.25, -0.2) is 0 Å². The molecule has 12 nitrogen and oxygen atoms in total. The van der Waals surface area contributed by atoms with Gasteiger partial charge in [0.25, 0.3) is 5.91 Å². The molecule has 8 N–H and O–H groups in total. The molecule has 10 atom stereocenters. The molecule has 0 saturated carbocycles. The van der Waals surface area contributed by atoms with Crippen molar-refractivity contribution < 1.29 is 54.8 Å². The lowest BCUT2D eigenvalue weighted by Crippen LogP contribution is -2.62. The van der Waals surface area contributed by atoms with Gasteiger partial charge in [-0.15, -0.1) is 0 Å². The highest BCUT2D eigenvalue weighted by Gasteiger charge is 2.50. The summed E-state index contributed by atoms with van der Waals surface area (Å²) in [5.41, 5.74) is 2.84. The number of benzene rings is 2. The Bertz CT molecular complexity index is 1160. The van der Waals surface area contributed by atoms with Gasteiger partial charge in [0.15, 0.2) is 0 Å². The number of aliphatic hydroxyl groups is 7. The van der Waals surface area contributed by atoms with E-state index >= 15 is 0 Å². The standard InChI is InChI=1S/C28H37NO11/c1-13-8-15(14-4-3-5-16(9-14)27(37)29-2)6-7-18(13)39-28-23(33)17(22(32)20(11-30)40-28)10-19-24(34)26(36)25(35)21(12-31)38-19/h3-9,17,19-26,28,30-36H,10-12H2,1-2H3,(H,29,37)/t17-,19-,20-,21-,22+,23+,24+,25-,26-,28+/m1/s1. The number of carbonyl (C=O) groups is 1. The molecule has 2 heterocycles. The number of hydrogen-bond acceptors (Lipinski definition) is 11. The van der Waals surface area contributed by atoms with Crippen molar-refractivity contribution in [1.82, 2.24) is 5.32 Å². The Morgan fingerprint density at radius 3 is 2.12 bits per heavy atom. The minimum absolute atomic E-state index is 0.191. The zero-order chi connectivity index (χ0) is 29.1. The third-order valence-electron chi connectivity index (χ3n) is 7.62. The van der Waals surface area contributed by atoms with Gasteiger partial charge >= 0.3 is 0 Å². The maximum absolute atomic E-state index is 12.0. The van der Waals surface area contributed by atoms with E-state index in [0.29, 0.717) is 16.9 Å². The van der Waals surface area contributed by atoms with E-state index in [1.54, 1.807) is 44.3 Å². The van der Waals surface area contributed by atoms with Crippen LogP contribution < -0.4 is 10.1 Å². The topological polar surface area (TPSA) is 198 Å². The van der Waals surface area contributed by atoms with Crippen molar-refractivity contribution in [3.05, 3.63) is 53.6 Å². The number of nitrogens with one attached hydrogen (secondary N) is 1. The number of amides is 1. The second-order valence-electron chi connectivity index (χ2n) is 10.2. The summed E-state index contributed by atoms with van der Waals surface area (Å²) in [6.45, 7) is 0.593. The highest BCUT2D eigenvalue weighted by atomic mass is 16.7. The highest BCUT2D eigenvalue weighted by molar-refractivity contribution is 5.95. The Kier molecular flexibility index (Phi) is 9.77. The van der Waals surface area contributed by atoms with Gasteiger partial charge in [-0.1, -0.05) is 18.2 Å². The average molecular weight is 564 g/mol. The van der Waals surface area contributed by atoms with Gasteiger partial charge in [-0.05, 0) is 54.3 Å². The third-order valence-corrected chi connectivity index (χ3v) is 7.62. The molecule has 2 aliphatic heterocycles. The Hall–Kier alpha value is -2.65. The number of aliphatic hydroxyl groups excluding tert-OH is 7. The lowest BCUT2D eigenvalue weighted by atomic mass is 9.81. The molecule has 0 spiro atoms. The predicted octanol–water partition coefficient (Wildman–Crippen LogP) is -1.31. The van der Waals surface area contributed by atoms with Crippen LogP contribution in [0.5, 0.6) is 5.75 Å². The van der Waals surface area contributed by atoms with Crippen LogP contribution in [-0.4, -0.2) is 117 Å². The van der Waals surface area contributed by atoms with Crippen molar-refractivity contribution in [2.45, 2.75) is 68.5 Å². The van der Waals surface area contributed by atoms with Gasteiger partial charge in [-0.3, -0.25) is 4.79 Å². The van der Waals surface area contributed by atoms with Gasteiger partial charge in [0.1, 0.15) is 42.4 Å². The Morgan fingerprint density at radius 2 is 1.48 bits per heavy atom. The normalized spacial score (nSPS) is 34.3. The lowest BCUT2D eigenvalue weighted by molar-refractivity contribution is -0.278. The molecule has 12 heteroatoms. The predicted molar refractivity (Wildman–Crippen MR) is 140 cm³/mol. The fourth-order valence-electron chi connectivity index (χ4n) is 5.25. The van der Waals surface area contributed by atoms with Crippen molar-refractivity contribution in [2.75, 3.05) is 20.3 Å². The van der Waals surface area contributed by atoms with Crippen molar-refractivity contribution in [2.24, 2.45) is 5.92 Å². The van der Waals surface area contributed by atoms with E-state index in [1.807, 2.05) is 12.1 Å². The molecule has 2 saturated heterocycles. The van der Waals surface area contributed by atoms with Gasteiger partial charge in [0.2, 0.25) is 6.29 Å². The molecule has 1 amide bonds. The van der Waals surface area contributed by atoms with Crippen LogP contribution in [0.25, 0.3) is 11.1 Å². The second kappa shape index (κ2) is 12.9. The summed E-state index contributed by atoms with van der Waals surface area (Å²) in [6.07, 6.45) is -12.4. The van der Waals surface area contributed by atoms with Gasteiger partial charge < -0.3 is 55.3 Å². The van der Waals surface area contributed by atoms with Crippen LogP contribution in [0.4, 0.5) is 0 Å². The van der Waals surface area contributed by atoms with E-state index in [0.717, 1.165) is 11.1 Å². The molecular weight excluding hydrogens is 526 g/mol. The molecule has 0 radical (unpaired) electrons. The largest absolute Gasteiger partial charge is 0.462 e. The number of ether oxygens (including phenoxy) is 3. The van der Waals surface area contributed by atoms with E-state index in [1.165, 1.54) is 0 Å². The number of aryl methyl sites for hydroxylation is 1. The molecular formula is C28H37NO11. The summed E-state index contributed by atoms with van der Waals surface area (Å²) >= 11 is 0. The monoisotopic (exact) mass is 563 g/mol. The molecule has 2 aromatic carbocycles. The average Bonchev–Trinajstić information content (AvgIpc) is 2.97. The first kappa shape index (κ1) is 30.3. The summed E-state index contributed by atoms with van der Waals surface area (Å²) < 4.78 is 17.2. The molecule has 2 fully saturated rings. The second-order valence-corrected chi connectivity index (χ2v) is 10.2. The van der Waals surface area contributed by atoms with Crippen molar-refractivity contribution in [1.29, 1.82) is 0 Å². The zero-order valence-corrected chi connectivity index (χ0v) is 22.2. The van der Waals surface area contributed by atoms with Crippen LogP contribution in [0.15, 0.2) is 42.5 Å². The summed E-state index contributed by atoms with van der Waals surface area (Å²) in [4.78, 5) is 12.0. The molecule has 0 bridgehead atoms. The molecule has 2 aliphatic rings. The summed E-state index contributed by atoms with van der Waals surface area (Å²) in [5.74, 6) is -0.861. The van der Waals surface area contributed by atoms with E-state index in [-0.39, 0.29) is 12.3 Å². The highest BCUT2D eigenvalue weighted by Crippen LogP contribution is 2.36. The minimum Gasteiger partial charge on any atom is -0.462 e. The first-order valence-electron chi connectivity index (χ1n) is 13.1. The fraction of sp³-hybridized carbons (Fsp3) is 0.536. The van der Waals surface area contributed by atoms with E-state index in [4.69, 9.17) is 14.2 Å². The van der Waals surface area contributed by atoms with Crippen LogP contribution in [0.3, 0.4) is 0 Å². The Labute approximate surface area is 231 Å². The smallest absolute Gasteiger partial charge is 0.251 e. The van der Waals surface area contributed by atoms with Crippen LogP contribution in [0.1, 0.15) is 22.3 Å². The quantitative estimate of drug-likeness (QED) is 0.190. The van der Waals surface area contributed by atoms with E-state index < -0.39 is 74.3 Å². The molecule has 4 rings (SSSR count). The van der Waals surface area contributed by atoms with Crippen molar-refractivity contribution >= 4 is 5.91 Å². The maximum Gasteiger partial charge on any atom is 0.251 e. The van der Waals surface area contributed by atoms with Crippen LogP contribution in [0.2, 0.25) is 0 Å². The maximum atomic E-state index is 12.0. The molecule has 0 aromatic heterocycles. The Balaban J connectivity index is 1.52. The number of carbonyl (C=O) groups excluding carboxylic acids is 1. The minimum atomic E-state index is -1.61. The Morgan fingerprint density at radius 1 is 0.825 bits per heavy atom. The zero-order valence-electron chi connectivity index (χ0n) is 22.2.